The summed E-state index contributed by atoms with van der Waals surface area (Å²) in [4.78, 5) is 0.443. The molecule has 0 aromatic heterocycles. The van der Waals surface area contributed by atoms with Gasteiger partial charge >= 0.3 is 0 Å². The van der Waals surface area contributed by atoms with E-state index in [0.29, 0.717) is 11.3 Å². The highest BCUT2D eigenvalue weighted by Gasteiger charge is 2.41. The van der Waals surface area contributed by atoms with E-state index >= 15 is 0 Å². The Hall–Kier alpha value is -0.653. The van der Waals surface area contributed by atoms with E-state index in [-0.39, 0.29) is 16.4 Å². The fourth-order valence-electron chi connectivity index (χ4n) is 2.89. The molecule has 2 atom stereocenters. The van der Waals surface area contributed by atoms with Gasteiger partial charge in [-0.15, -0.1) is 0 Å². The molecule has 0 spiro atoms. The van der Waals surface area contributed by atoms with Gasteiger partial charge < -0.3 is 4.43 Å². The third kappa shape index (κ3) is 4.25. The van der Waals surface area contributed by atoms with Crippen molar-refractivity contribution in [2.45, 2.75) is 80.8 Å². The molecule has 1 aromatic rings. The van der Waals surface area contributed by atoms with Gasteiger partial charge in [-0.25, -0.2) is 8.42 Å². The molecule has 23 heavy (non-hydrogen) atoms. The van der Waals surface area contributed by atoms with E-state index in [1.54, 1.807) is 24.3 Å². The number of sulfone groups is 1. The molecule has 0 radical (unpaired) electrons. The zero-order valence-electron chi connectivity index (χ0n) is 15.0. The van der Waals surface area contributed by atoms with Crippen molar-refractivity contribution in [2.24, 2.45) is 0 Å². The monoisotopic (exact) mass is 354 g/mol. The second-order valence-corrected chi connectivity index (χ2v) is 15.1. The fraction of sp³-hybridized carbons (Fsp3) is 0.667. The number of hydrogen-bond donors (Lipinski definition) is 0. The van der Waals surface area contributed by atoms with Gasteiger partial charge in [0.15, 0.2) is 18.2 Å². The lowest BCUT2D eigenvalue weighted by Crippen LogP contribution is -2.46. The minimum Gasteiger partial charge on any atom is -0.414 e. The standard InChI is InChI=1S/C18H30O3SSi/c1-18(2,3)23(4,5)21-15-10-9-13-17(14-15)22(19,20)16-11-7-6-8-12-16/h6-8,11-12,15,17H,9-10,13-14H2,1-5H3. The predicted molar refractivity (Wildman–Crippen MR) is 98.0 cm³/mol. The first-order valence-electron chi connectivity index (χ1n) is 8.51. The summed E-state index contributed by atoms with van der Waals surface area (Å²) >= 11 is 0. The Morgan fingerprint density at radius 2 is 1.70 bits per heavy atom. The highest BCUT2D eigenvalue weighted by molar-refractivity contribution is 7.92. The van der Waals surface area contributed by atoms with E-state index < -0.39 is 18.2 Å². The van der Waals surface area contributed by atoms with E-state index in [4.69, 9.17) is 4.43 Å². The highest BCUT2D eigenvalue weighted by atomic mass is 32.2. The Bertz CT molecular complexity index is 617. The Morgan fingerprint density at radius 1 is 1.09 bits per heavy atom. The average Bonchev–Trinajstić information content (AvgIpc) is 2.47. The molecule has 5 heteroatoms. The lowest BCUT2D eigenvalue weighted by Gasteiger charge is -2.41. The van der Waals surface area contributed by atoms with Crippen molar-refractivity contribution in [2.75, 3.05) is 0 Å². The first-order chi connectivity index (χ1) is 10.5. The summed E-state index contributed by atoms with van der Waals surface area (Å²) < 4.78 is 32.2. The van der Waals surface area contributed by atoms with Crippen LogP contribution in [0.4, 0.5) is 0 Å². The quantitative estimate of drug-likeness (QED) is 0.730. The van der Waals surface area contributed by atoms with E-state index in [1.807, 2.05) is 6.07 Å². The van der Waals surface area contributed by atoms with Crippen LogP contribution in [0.5, 0.6) is 0 Å². The molecule has 0 heterocycles. The minimum atomic E-state index is -3.25. The second-order valence-electron chi connectivity index (χ2n) is 8.15. The molecule has 0 saturated heterocycles. The van der Waals surface area contributed by atoms with Crippen LogP contribution in [0.3, 0.4) is 0 Å². The smallest absolute Gasteiger partial charge is 0.192 e. The summed E-state index contributed by atoms with van der Waals surface area (Å²) in [5.74, 6) is 0. The maximum atomic E-state index is 12.9. The summed E-state index contributed by atoms with van der Waals surface area (Å²) in [6, 6.07) is 8.84. The van der Waals surface area contributed by atoms with E-state index in [1.165, 1.54) is 0 Å². The van der Waals surface area contributed by atoms with Gasteiger partial charge in [-0.1, -0.05) is 39.0 Å². The molecule has 0 aliphatic heterocycles. The molecule has 1 aromatic carbocycles. The molecule has 0 bridgehead atoms. The Balaban J connectivity index is 2.13. The van der Waals surface area contributed by atoms with Gasteiger partial charge in [-0.2, -0.15) is 0 Å². The van der Waals surface area contributed by atoms with Crippen molar-refractivity contribution in [3.63, 3.8) is 0 Å². The largest absolute Gasteiger partial charge is 0.414 e. The lowest BCUT2D eigenvalue weighted by atomic mass is 9.97. The third-order valence-electron chi connectivity index (χ3n) is 5.36. The number of rotatable bonds is 4. The van der Waals surface area contributed by atoms with Crippen molar-refractivity contribution < 1.29 is 12.8 Å². The topological polar surface area (TPSA) is 43.4 Å². The van der Waals surface area contributed by atoms with Crippen LogP contribution in [0.2, 0.25) is 18.1 Å². The summed E-state index contributed by atoms with van der Waals surface area (Å²) in [7, 11) is -5.11. The van der Waals surface area contributed by atoms with Crippen LogP contribution in [-0.2, 0) is 14.3 Å². The van der Waals surface area contributed by atoms with Crippen LogP contribution < -0.4 is 0 Å². The summed E-state index contributed by atoms with van der Waals surface area (Å²) in [5, 5.41) is -0.161. The number of benzene rings is 1. The maximum Gasteiger partial charge on any atom is 0.192 e. The molecule has 0 amide bonds. The zero-order chi connectivity index (χ0) is 17.3. The van der Waals surface area contributed by atoms with Crippen LogP contribution in [0.1, 0.15) is 46.5 Å². The van der Waals surface area contributed by atoms with Gasteiger partial charge in [0, 0.05) is 6.10 Å². The summed E-state index contributed by atoms with van der Waals surface area (Å²) in [6.45, 7) is 11.1. The van der Waals surface area contributed by atoms with Crippen molar-refractivity contribution in [3.8, 4) is 0 Å². The maximum absolute atomic E-state index is 12.9. The van der Waals surface area contributed by atoms with Crippen LogP contribution in [0.25, 0.3) is 0 Å². The summed E-state index contributed by atoms with van der Waals surface area (Å²) in [6.07, 6.45) is 3.36. The second kappa shape index (κ2) is 6.69. The third-order valence-corrected chi connectivity index (χ3v) is 12.1. The average molecular weight is 355 g/mol. The van der Waals surface area contributed by atoms with E-state index in [2.05, 4.69) is 33.9 Å². The minimum absolute atomic E-state index is 0.0770. The van der Waals surface area contributed by atoms with Gasteiger partial charge in [0.25, 0.3) is 0 Å². The Labute approximate surface area is 142 Å². The molecule has 1 fully saturated rings. The molecule has 130 valence electrons. The molecule has 1 aliphatic rings. The molecule has 0 N–H and O–H groups in total. The highest BCUT2D eigenvalue weighted by Crippen LogP contribution is 2.40. The molecule has 3 nitrogen and oxygen atoms in total. The van der Waals surface area contributed by atoms with Crippen molar-refractivity contribution >= 4 is 18.2 Å². The van der Waals surface area contributed by atoms with Gasteiger partial charge in [0.1, 0.15) is 0 Å². The van der Waals surface area contributed by atoms with Crippen molar-refractivity contribution in [1.82, 2.24) is 0 Å². The normalized spacial score (nSPS) is 23.7. The van der Waals surface area contributed by atoms with Crippen LogP contribution >= 0.6 is 0 Å². The molecule has 2 rings (SSSR count). The lowest BCUT2D eigenvalue weighted by molar-refractivity contribution is 0.139. The van der Waals surface area contributed by atoms with E-state index in [9.17, 15) is 8.42 Å². The summed E-state index contributed by atoms with van der Waals surface area (Å²) in [5.41, 5.74) is 0. The molecular weight excluding hydrogens is 324 g/mol. The van der Waals surface area contributed by atoms with Gasteiger partial charge in [-0.3, -0.25) is 0 Å². The molecule has 2 unspecified atom stereocenters. The van der Waals surface area contributed by atoms with Crippen LogP contribution in [0.15, 0.2) is 35.2 Å². The SMILES string of the molecule is CC(C)(C)[Si](C)(C)OC1CCCC(S(=O)(=O)c2ccccc2)C1. The molecule has 1 saturated carbocycles. The van der Waals surface area contributed by atoms with E-state index in [0.717, 1.165) is 19.3 Å². The van der Waals surface area contributed by atoms with Crippen LogP contribution in [0, 0.1) is 0 Å². The van der Waals surface area contributed by atoms with Crippen molar-refractivity contribution in [1.29, 1.82) is 0 Å². The van der Waals surface area contributed by atoms with Crippen LogP contribution in [-0.4, -0.2) is 28.1 Å². The fourth-order valence-corrected chi connectivity index (χ4v) is 6.15. The predicted octanol–water partition coefficient (Wildman–Crippen LogP) is 4.79. The zero-order valence-corrected chi connectivity index (χ0v) is 16.8. The molecule has 1 aliphatic carbocycles. The van der Waals surface area contributed by atoms with Crippen molar-refractivity contribution in [3.05, 3.63) is 30.3 Å². The van der Waals surface area contributed by atoms with Gasteiger partial charge in [0.2, 0.25) is 0 Å². The first-order valence-corrected chi connectivity index (χ1v) is 13.0. The molecular formula is C18H30O3SSi. The van der Waals surface area contributed by atoms with Gasteiger partial charge in [0.05, 0.1) is 10.1 Å². The number of hydrogen-bond acceptors (Lipinski definition) is 3. The Morgan fingerprint density at radius 3 is 2.26 bits per heavy atom. The first kappa shape index (κ1) is 18.7. The Kier molecular flexibility index (Phi) is 5.43. The van der Waals surface area contributed by atoms with Gasteiger partial charge in [-0.05, 0) is 55.9 Å².